The van der Waals surface area contributed by atoms with E-state index < -0.39 is 5.97 Å². The van der Waals surface area contributed by atoms with Crippen LogP contribution in [-0.4, -0.2) is 32.1 Å². The molecule has 0 saturated heterocycles. The lowest BCUT2D eigenvalue weighted by molar-refractivity contribution is -0.144. The van der Waals surface area contributed by atoms with Gasteiger partial charge in [-0.05, 0) is 41.1 Å². The number of fused-ring (bicyclic) bond motifs is 1. The van der Waals surface area contributed by atoms with E-state index in [1.54, 1.807) is 43.5 Å². The van der Waals surface area contributed by atoms with Gasteiger partial charge in [0.05, 0.1) is 12.1 Å². The van der Waals surface area contributed by atoms with Gasteiger partial charge in [-0.15, -0.1) is 0 Å². The number of halogens is 1. The van der Waals surface area contributed by atoms with Crippen LogP contribution in [0.1, 0.15) is 10.4 Å². The van der Waals surface area contributed by atoms with Crippen LogP contribution in [0.2, 0.25) is 5.02 Å². The fraction of sp³-hybridized carbons (Fsp3) is 0.143. The number of ketones is 1. The molecule has 0 radical (unpaired) electrons. The van der Waals surface area contributed by atoms with E-state index in [-0.39, 0.29) is 19.0 Å². The Labute approximate surface area is 161 Å². The van der Waals surface area contributed by atoms with E-state index in [0.29, 0.717) is 16.3 Å². The molecule has 0 unspecified atom stereocenters. The zero-order valence-electron chi connectivity index (χ0n) is 14.6. The highest BCUT2D eigenvalue weighted by atomic mass is 35.5. The van der Waals surface area contributed by atoms with Crippen molar-refractivity contribution in [2.45, 2.75) is 0 Å². The molecule has 0 spiro atoms. The van der Waals surface area contributed by atoms with Crippen LogP contribution in [-0.2, 0) is 9.53 Å². The number of para-hydroxylation sites is 1. The van der Waals surface area contributed by atoms with Gasteiger partial charge in [-0.25, -0.2) is 4.79 Å². The van der Waals surface area contributed by atoms with Gasteiger partial charge in [0.1, 0.15) is 11.5 Å². The minimum Gasteiger partial charge on any atom is -0.497 e. The highest BCUT2D eigenvalue weighted by Gasteiger charge is 2.12. The van der Waals surface area contributed by atoms with E-state index in [4.69, 9.17) is 25.8 Å². The van der Waals surface area contributed by atoms with E-state index in [1.807, 2.05) is 24.3 Å². The monoisotopic (exact) mass is 384 g/mol. The molecule has 3 aromatic rings. The van der Waals surface area contributed by atoms with Crippen molar-refractivity contribution in [3.05, 3.63) is 71.2 Å². The molecule has 0 atom stereocenters. The molecule has 0 aliphatic carbocycles. The van der Waals surface area contributed by atoms with Crippen LogP contribution in [0.3, 0.4) is 0 Å². The fourth-order valence-electron chi connectivity index (χ4n) is 2.49. The second-order valence-corrected chi connectivity index (χ2v) is 6.14. The van der Waals surface area contributed by atoms with Gasteiger partial charge in [0.2, 0.25) is 0 Å². The number of carbonyl (C=O) groups excluding carboxylic acids is 2. The number of ether oxygens (including phenoxy) is 3. The SMILES string of the molecule is COc1ccc2cc(C(=O)COC(=O)COc3ccccc3Cl)ccc2c1. The molecule has 138 valence electrons. The van der Waals surface area contributed by atoms with Crippen LogP contribution < -0.4 is 9.47 Å². The lowest BCUT2D eigenvalue weighted by atomic mass is 10.0. The molecular weight excluding hydrogens is 368 g/mol. The molecule has 0 aliphatic heterocycles. The summed E-state index contributed by atoms with van der Waals surface area (Å²) in [6, 6.07) is 17.6. The van der Waals surface area contributed by atoms with Crippen molar-refractivity contribution in [2.24, 2.45) is 0 Å². The highest BCUT2D eigenvalue weighted by Crippen LogP contribution is 2.23. The minimum absolute atomic E-state index is 0.293. The maximum absolute atomic E-state index is 12.3. The third-order valence-corrected chi connectivity index (χ3v) is 4.23. The molecule has 6 heteroatoms. The van der Waals surface area contributed by atoms with E-state index >= 15 is 0 Å². The van der Waals surface area contributed by atoms with Crippen LogP contribution in [0.15, 0.2) is 60.7 Å². The average molecular weight is 385 g/mol. The summed E-state index contributed by atoms with van der Waals surface area (Å²) in [5.41, 5.74) is 0.465. The Balaban J connectivity index is 1.56. The Morgan fingerprint density at radius 1 is 0.926 bits per heavy atom. The number of hydrogen-bond donors (Lipinski definition) is 0. The first-order valence-electron chi connectivity index (χ1n) is 8.21. The van der Waals surface area contributed by atoms with Crippen molar-refractivity contribution < 1.29 is 23.8 Å². The molecule has 0 heterocycles. The van der Waals surface area contributed by atoms with Gasteiger partial charge >= 0.3 is 5.97 Å². The molecule has 5 nitrogen and oxygen atoms in total. The molecular formula is C21H17ClO5. The molecule has 3 aromatic carbocycles. The smallest absolute Gasteiger partial charge is 0.344 e. The molecule has 0 bridgehead atoms. The lowest BCUT2D eigenvalue weighted by Crippen LogP contribution is -2.19. The zero-order valence-corrected chi connectivity index (χ0v) is 15.4. The van der Waals surface area contributed by atoms with Gasteiger partial charge in [0.15, 0.2) is 19.0 Å². The van der Waals surface area contributed by atoms with Gasteiger partial charge in [-0.2, -0.15) is 0 Å². The molecule has 0 amide bonds. The van der Waals surface area contributed by atoms with Crippen LogP contribution in [0.5, 0.6) is 11.5 Å². The van der Waals surface area contributed by atoms with Crippen molar-refractivity contribution in [3.63, 3.8) is 0 Å². The minimum atomic E-state index is -0.645. The summed E-state index contributed by atoms with van der Waals surface area (Å²) in [4.78, 5) is 24.1. The second-order valence-electron chi connectivity index (χ2n) is 5.73. The van der Waals surface area contributed by atoms with E-state index in [2.05, 4.69) is 0 Å². The predicted molar refractivity (Wildman–Crippen MR) is 103 cm³/mol. The quantitative estimate of drug-likeness (QED) is 0.448. The average Bonchev–Trinajstić information content (AvgIpc) is 2.70. The number of rotatable bonds is 7. The van der Waals surface area contributed by atoms with Crippen molar-refractivity contribution in [2.75, 3.05) is 20.3 Å². The van der Waals surface area contributed by atoms with E-state index in [0.717, 1.165) is 16.5 Å². The third kappa shape index (κ3) is 4.77. The summed E-state index contributed by atoms with van der Waals surface area (Å²) in [5.74, 6) is 0.189. The zero-order chi connectivity index (χ0) is 19.2. The Bertz CT molecular complexity index is 983. The molecule has 3 rings (SSSR count). The lowest BCUT2D eigenvalue weighted by Gasteiger charge is -2.08. The number of esters is 1. The van der Waals surface area contributed by atoms with Crippen LogP contribution in [0.25, 0.3) is 10.8 Å². The summed E-state index contributed by atoms with van der Waals surface area (Å²) in [5, 5.41) is 2.25. The Hall–Kier alpha value is -3.05. The summed E-state index contributed by atoms with van der Waals surface area (Å²) >= 11 is 5.94. The Morgan fingerprint density at radius 3 is 2.44 bits per heavy atom. The number of Topliss-reactive ketones (excluding diaryl/α,β-unsaturated/α-hetero) is 1. The van der Waals surface area contributed by atoms with Gasteiger partial charge in [-0.3, -0.25) is 4.79 Å². The van der Waals surface area contributed by atoms with Gasteiger partial charge in [-0.1, -0.05) is 41.9 Å². The molecule has 0 saturated carbocycles. The molecule has 0 N–H and O–H groups in total. The fourth-order valence-corrected chi connectivity index (χ4v) is 2.68. The molecule has 0 aromatic heterocycles. The maximum Gasteiger partial charge on any atom is 0.344 e. The second kappa shape index (κ2) is 8.56. The Morgan fingerprint density at radius 2 is 1.67 bits per heavy atom. The summed E-state index contributed by atoms with van der Waals surface area (Å²) in [7, 11) is 1.60. The van der Waals surface area contributed by atoms with Gasteiger partial charge < -0.3 is 14.2 Å². The van der Waals surface area contributed by atoms with Crippen molar-refractivity contribution in [1.82, 2.24) is 0 Å². The van der Waals surface area contributed by atoms with Crippen LogP contribution in [0.4, 0.5) is 0 Å². The topological polar surface area (TPSA) is 61.8 Å². The van der Waals surface area contributed by atoms with Crippen LogP contribution in [0, 0.1) is 0 Å². The normalized spacial score (nSPS) is 10.4. The first-order chi connectivity index (χ1) is 13.1. The summed E-state index contributed by atoms with van der Waals surface area (Å²) < 4.78 is 15.5. The van der Waals surface area contributed by atoms with Crippen molar-refractivity contribution in [3.8, 4) is 11.5 Å². The summed E-state index contributed by atoms with van der Waals surface area (Å²) in [6.45, 7) is -0.680. The number of benzene rings is 3. The van der Waals surface area contributed by atoms with Gasteiger partial charge in [0.25, 0.3) is 0 Å². The van der Waals surface area contributed by atoms with Crippen LogP contribution >= 0.6 is 11.6 Å². The summed E-state index contributed by atoms with van der Waals surface area (Å²) in [6.07, 6.45) is 0. The third-order valence-electron chi connectivity index (χ3n) is 3.92. The number of methoxy groups -OCH3 is 1. The van der Waals surface area contributed by atoms with E-state index in [1.165, 1.54) is 0 Å². The maximum atomic E-state index is 12.3. The number of carbonyl (C=O) groups is 2. The Kier molecular flexibility index (Phi) is 5.94. The molecule has 0 aliphatic rings. The van der Waals surface area contributed by atoms with Crippen molar-refractivity contribution >= 4 is 34.1 Å². The highest BCUT2D eigenvalue weighted by molar-refractivity contribution is 6.32. The van der Waals surface area contributed by atoms with Gasteiger partial charge in [0, 0.05) is 5.56 Å². The first-order valence-corrected chi connectivity index (χ1v) is 8.58. The van der Waals surface area contributed by atoms with E-state index in [9.17, 15) is 9.59 Å². The van der Waals surface area contributed by atoms with Crippen molar-refractivity contribution in [1.29, 1.82) is 0 Å². The molecule has 0 fully saturated rings. The first kappa shape index (κ1) is 18.7. The number of hydrogen-bond acceptors (Lipinski definition) is 5. The largest absolute Gasteiger partial charge is 0.497 e. The standard InChI is InChI=1S/C21H17ClO5/c1-25-17-9-8-14-10-16(7-6-15(14)11-17)19(23)12-27-21(24)13-26-20-5-3-2-4-18(20)22/h2-11H,12-13H2,1H3. The predicted octanol–water partition coefficient (Wildman–Crippen LogP) is 4.31. The molecule has 27 heavy (non-hydrogen) atoms.